The van der Waals surface area contributed by atoms with E-state index < -0.39 is 11.4 Å². The molecule has 0 spiro atoms. The van der Waals surface area contributed by atoms with Gasteiger partial charge >= 0.3 is 5.97 Å². The van der Waals surface area contributed by atoms with E-state index in [9.17, 15) is 14.7 Å². The number of rotatable bonds is 7. The molecule has 22 heavy (non-hydrogen) atoms. The molecule has 0 saturated carbocycles. The second-order valence-corrected chi connectivity index (χ2v) is 5.95. The summed E-state index contributed by atoms with van der Waals surface area (Å²) < 4.78 is 5.48. The topological polar surface area (TPSA) is 75.6 Å². The molecule has 0 aromatic heterocycles. The first-order chi connectivity index (χ1) is 10.5. The highest BCUT2D eigenvalue weighted by molar-refractivity contribution is 5.83. The third kappa shape index (κ3) is 4.07. The molecule has 1 aliphatic rings. The summed E-state index contributed by atoms with van der Waals surface area (Å²) in [5.41, 5.74) is -0.442. The Morgan fingerprint density at radius 3 is 2.68 bits per heavy atom. The van der Waals surface area contributed by atoms with E-state index in [-0.39, 0.29) is 18.6 Å². The number of carboxylic acid groups (broad SMARTS) is 1. The van der Waals surface area contributed by atoms with Crippen LogP contribution in [0.15, 0.2) is 30.3 Å². The van der Waals surface area contributed by atoms with Crippen molar-refractivity contribution in [3.05, 3.63) is 35.9 Å². The molecule has 5 nitrogen and oxygen atoms in total. The Labute approximate surface area is 130 Å². The van der Waals surface area contributed by atoms with E-state index in [1.165, 1.54) is 0 Å². The molecule has 1 aromatic rings. The van der Waals surface area contributed by atoms with E-state index in [4.69, 9.17) is 4.74 Å². The quantitative estimate of drug-likeness (QED) is 0.809. The normalized spacial score (nSPS) is 20.3. The van der Waals surface area contributed by atoms with Gasteiger partial charge in [0.15, 0.2) is 0 Å². The smallest absolute Gasteiger partial charge is 0.315 e. The van der Waals surface area contributed by atoms with Crippen molar-refractivity contribution in [1.82, 2.24) is 5.32 Å². The average molecular weight is 305 g/mol. The summed E-state index contributed by atoms with van der Waals surface area (Å²) in [7, 11) is 0. The summed E-state index contributed by atoms with van der Waals surface area (Å²) in [4.78, 5) is 23.6. The fourth-order valence-electron chi connectivity index (χ4n) is 2.63. The first kappa shape index (κ1) is 16.5. The molecule has 120 valence electrons. The Bertz CT molecular complexity index is 511. The molecule has 5 heteroatoms. The maximum absolute atomic E-state index is 11.9. The van der Waals surface area contributed by atoms with Crippen LogP contribution in [-0.4, -0.2) is 36.2 Å². The van der Waals surface area contributed by atoms with Crippen LogP contribution in [0, 0.1) is 0 Å². The fraction of sp³-hybridized carbons (Fsp3) is 0.529. The van der Waals surface area contributed by atoms with Gasteiger partial charge in [0.1, 0.15) is 5.41 Å². The summed E-state index contributed by atoms with van der Waals surface area (Å²) >= 11 is 0. The van der Waals surface area contributed by atoms with Crippen LogP contribution in [0.25, 0.3) is 0 Å². The average Bonchev–Trinajstić information content (AvgIpc) is 3.04. The predicted molar refractivity (Wildman–Crippen MR) is 82.6 cm³/mol. The van der Waals surface area contributed by atoms with Crippen molar-refractivity contribution >= 4 is 11.9 Å². The fourth-order valence-corrected chi connectivity index (χ4v) is 2.63. The molecule has 2 atom stereocenters. The van der Waals surface area contributed by atoms with Crippen LogP contribution in [0.2, 0.25) is 0 Å². The molecule has 1 amide bonds. The third-order valence-corrected chi connectivity index (χ3v) is 4.24. The minimum absolute atomic E-state index is 0.0801. The minimum atomic E-state index is -1.12. The van der Waals surface area contributed by atoms with Crippen molar-refractivity contribution < 1.29 is 19.4 Å². The van der Waals surface area contributed by atoms with Crippen molar-refractivity contribution in [2.24, 2.45) is 0 Å². The van der Waals surface area contributed by atoms with Crippen molar-refractivity contribution in [3.63, 3.8) is 0 Å². The van der Waals surface area contributed by atoms with Gasteiger partial charge in [0.25, 0.3) is 0 Å². The molecule has 0 radical (unpaired) electrons. The summed E-state index contributed by atoms with van der Waals surface area (Å²) in [6.45, 7) is 2.49. The molecule has 0 bridgehead atoms. The van der Waals surface area contributed by atoms with E-state index in [1.54, 1.807) is 31.2 Å². The molecule has 1 fully saturated rings. The van der Waals surface area contributed by atoms with Crippen molar-refractivity contribution in [3.8, 4) is 0 Å². The Balaban J connectivity index is 1.88. The Morgan fingerprint density at radius 2 is 2.09 bits per heavy atom. The summed E-state index contributed by atoms with van der Waals surface area (Å²) in [5.74, 6) is -1.07. The summed E-state index contributed by atoms with van der Waals surface area (Å²) in [5, 5.41) is 12.3. The highest BCUT2D eigenvalue weighted by Gasteiger charge is 2.35. The monoisotopic (exact) mass is 305 g/mol. The van der Waals surface area contributed by atoms with Gasteiger partial charge in [-0.25, -0.2) is 0 Å². The molecule has 1 heterocycles. The van der Waals surface area contributed by atoms with Gasteiger partial charge < -0.3 is 15.2 Å². The molecular formula is C17H23NO4. The van der Waals surface area contributed by atoms with E-state index >= 15 is 0 Å². The number of aliphatic carboxylic acids is 1. The van der Waals surface area contributed by atoms with Gasteiger partial charge in [0, 0.05) is 19.6 Å². The van der Waals surface area contributed by atoms with Gasteiger partial charge in [-0.1, -0.05) is 30.3 Å². The van der Waals surface area contributed by atoms with Gasteiger partial charge in [-0.2, -0.15) is 0 Å². The van der Waals surface area contributed by atoms with Crippen molar-refractivity contribution in [2.45, 2.75) is 44.1 Å². The number of carbonyl (C=O) groups excluding carboxylic acids is 1. The molecular weight excluding hydrogens is 282 g/mol. The number of ether oxygens (including phenoxy) is 1. The number of amides is 1. The van der Waals surface area contributed by atoms with E-state index in [0.29, 0.717) is 18.4 Å². The number of hydrogen-bond acceptors (Lipinski definition) is 3. The van der Waals surface area contributed by atoms with Crippen molar-refractivity contribution in [2.75, 3.05) is 13.2 Å². The molecule has 2 unspecified atom stereocenters. The molecule has 2 rings (SSSR count). The lowest BCUT2D eigenvalue weighted by Gasteiger charge is -2.25. The number of hydrogen-bond donors (Lipinski definition) is 2. The lowest BCUT2D eigenvalue weighted by molar-refractivity contribution is -0.143. The zero-order valence-corrected chi connectivity index (χ0v) is 12.9. The molecule has 1 saturated heterocycles. The van der Waals surface area contributed by atoms with Crippen LogP contribution in [0.1, 0.15) is 38.2 Å². The maximum atomic E-state index is 11.9. The lowest BCUT2D eigenvalue weighted by atomic mass is 9.82. The Kier molecular flexibility index (Phi) is 5.55. The zero-order valence-electron chi connectivity index (χ0n) is 12.9. The molecule has 1 aliphatic heterocycles. The van der Waals surface area contributed by atoms with Crippen LogP contribution in [0.5, 0.6) is 0 Å². The predicted octanol–water partition coefficient (Wildman–Crippen LogP) is 2.10. The number of carboxylic acids is 1. The lowest BCUT2D eigenvalue weighted by Crippen LogP contribution is -2.44. The van der Waals surface area contributed by atoms with Gasteiger partial charge in [-0.15, -0.1) is 0 Å². The summed E-state index contributed by atoms with van der Waals surface area (Å²) in [6.07, 6.45) is 3.29. The zero-order chi connectivity index (χ0) is 16.0. The van der Waals surface area contributed by atoms with E-state index in [1.807, 2.05) is 6.07 Å². The van der Waals surface area contributed by atoms with Crippen LogP contribution in [0.3, 0.4) is 0 Å². The Hall–Kier alpha value is -1.88. The van der Waals surface area contributed by atoms with Gasteiger partial charge in [0.05, 0.1) is 6.10 Å². The second kappa shape index (κ2) is 7.40. The van der Waals surface area contributed by atoms with Crippen LogP contribution < -0.4 is 5.32 Å². The number of nitrogens with one attached hydrogen (secondary N) is 1. The standard InChI is InChI=1S/C17H23NO4/c1-17(16(20)21,13-6-3-2-4-7-13)12-18-15(19)10-9-14-8-5-11-22-14/h2-4,6-7,14H,5,8-12H2,1H3,(H,18,19)(H,20,21). The first-order valence-corrected chi connectivity index (χ1v) is 7.69. The van der Waals surface area contributed by atoms with Gasteiger partial charge in [-0.05, 0) is 31.7 Å². The third-order valence-electron chi connectivity index (χ3n) is 4.24. The summed E-state index contributed by atoms with van der Waals surface area (Å²) in [6, 6.07) is 8.98. The largest absolute Gasteiger partial charge is 0.481 e. The number of benzene rings is 1. The number of carbonyl (C=O) groups is 2. The Morgan fingerprint density at radius 1 is 1.36 bits per heavy atom. The van der Waals surface area contributed by atoms with E-state index in [0.717, 1.165) is 19.4 Å². The first-order valence-electron chi connectivity index (χ1n) is 7.69. The highest BCUT2D eigenvalue weighted by Crippen LogP contribution is 2.23. The van der Waals surface area contributed by atoms with Gasteiger partial charge in [-0.3, -0.25) is 9.59 Å². The highest BCUT2D eigenvalue weighted by atomic mass is 16.5. The van der Waals surface area contributed by atoms with Gasteiger partial charge in [0.2, 0.25) is 5.91 Å². The SMILES string of the molecule is CC(CNC(=O)CCC1CCCO1)(C(=O)O)c1ccccc1. The molecule has 1 aromatic carbocycles. The van der Waals surface area contributed by atoms with Crippen LogP contribution in [-0.2, 0) is 19.7 Å². The van der Waals surface area contributed by atoms with Crippen molar-refractivity contribution in [1.29, 1.82) is 0 Å². The second-order valence-electron chi connectivity index (χ2n) is 5.95. The minimum Gasteiger partial charge on any atom is -0.481 e. The maximum Gasteiger partial charge on any atom is 0.315 e. The van der Waals surface area contributed by atoms with E-state index in [2.05, 4.69) is 5.32 Å². The molecule has 2 N–H and O–H groups in total. The van der Waals surface area contributed by atoms with Crippen LogP contribution in [0.4, 0.5) is 0 Å². The molecule has 0 aliphatic carbocycles. The van der Waals surface area contributed by atoms with Crippen LogP contribution >= 0.6 is 0 Å².